The molecule has 0 radical (unpaired) electrons. The van der Waals surface area contributed by atoms with Gasteiger partial charge in [0.25, 0.3) is 0 Å². The van der Waals surface area contributed by atoms with Crippen LogP contribution in [0.15, 0.2) is 105 Å². The van der Waals surface area contributed by atoms with Gasteiger partial charge < -0.3 is 52.6 Å². The van der Waals surface area contributed by atoms with Crippen LogP contribution in [0.1, 0.15) is 377 Å². The topological polar surface area (TPSA) is 192 Å². The smallest absolute Gasteiger partial charge is 0.227 e. The number of aliphatic hydroxyl groups is 1. The maximum Gasteiger partial charge on any atom is 0.227 e. The fraction of sp³-hybridized carbons (Fsp3) is 0.794. The van der Waals surface area contributed by atoms with E-state index in [0.29, 0.717) is 111 Å². The van der Waals surface area contributed by atoms with E-state index >= 15 is 0 Å². The Bertz CT molecular complexity index is 5580. The Kier molecular flexibility index (Phi) is 23.0. The summed E-state index contributed by atoms with van der Waals surface area (Å²) in [7, 11) is 0. The number of aliphatic hydroxyl groups excluding tert-OH is 1. The summed E-state index contributed by atoms with van der Waals surface area (Å²) in [5, 5.41) is 11.2. The van der Waals surface area contributed by atoms with Gasteiger partial charge in [-0.3, -0.25) is 14.4 Å². The molecule has 4 heterocycles. The van der Waals surface area contributed by atoms with E-state index < -0.39 is 5.41 Å². The largest absolute Gasteiger partial charge is 0.523 e. The van der Waals surface area contributed by atoms with Crippen molar-refractivity contribution in [1.29, 1.82) is 0 Å². The van der Waals surface area contributed by atoms with Gasteiger partial charge >= 0.3 is 0 Å². The molecule has 143 heavy (non-hydrogen) atoms. The number of ether oxygens (including phenoxy) is 8. The summed E-state index contributed by atoms with van der Waals surface area (Å²) < 4.78 is 50.3. The summed E-state index contributed by atoms with van der Waals surface area (Å²) in [4.78, 5) is 76.7. The molecule has 29 rings (SSSR count). The van der Waals surface area contributed by atoms with Gasteiger partial charge in [-0.1, -0.05) is 203 Å². The minimum atomic E-state index is -0.402. The SMILES string of the molecule is C[C@]12CCC(=O)C3(CC=CC3)C1=CC[C@@H]1[C@@H]2CC[C@@]2(C)[C@H]1CCC21OCCO1.C[C@]12CCC(=O)C3(CCCC3)C1=CC[C@@H]1[C@@H]2CC[C@@]2(C)[C@H]1CCC21OCCO1.[C-]#[N+]C1=C(O)C2(CCCC2)C2=CC[C@@H]3[C@H](CC[C@@]4(C)[C@H]3CCC43OCCO3)[C@@]2(C)C1.[C-]#[N+]C1=C[C@@]2(C)C(=CC[C@@H]3[C@@H]2CC[C@@]2(C)[C@H]3CCC23OCCO3)C2(CCCC2)C1=O.[C-]#[N+]C1=C[C@@]2(C)C(=CC[C@@H]3[C@@H]2CC[C@]2(C)C(=O)CC[C@@H]32)C2(CCCC2)C1=O. The predicted octanol–water partition coefficient (Wildman–Crippen LogP) is 27.5. The van der Waals surface area contributed by atoms with Crippen molar-refractivity contribution in [1.82, 2.24) is 0 Å². The molecule has 1 N–H and O–H groups in total. The van der Waals surface area contributed by atoms with E-state index in [1.165, 1.54) is 99.3 Å². The molecule has 0 unspecified atom stereocenters. The molecular weight excluding hydrogens is 1780 g/mol. The van der Waals surface area contributed by atoms with Gasteiger partial charge in [-0.25, -0.2) is 14.5 Å². The molecule has 17 nitrogen and oxygen atoms in total. The Labute approximate surface area is 853 Å². The molecule has 25 atom stereocenters. The average Bonchev–Trinajstić information content (AvgIpc) is 1.52. The van der Waals surface area contributed by atoms with Crippen molar-refractivity contribution in [3.05, 3.63) is 140 Å². The van der Waals surface area contributed by atoms with Gasteiger partial charge in [-0.2, -0.15) is 0 Å². The predicted molar refractivity (Wildman–Crippen MR) is 546 cm³/mol. The van der Waals surface area contributed by atoms with Gasteiger partial charge in [-0.15, -0.1) is 0 Å². The van der Waals surface area contributed by atoms with Crippen LogP contribution >= 0.6 is 0 Å². The van der Waals surface area contributed by atoms with E-state index in [1.54, 1.807) is 5.57 Å². The lowest BCUT2D eigenvalue weighted by molar-refractivity contribution is -0.242. The normalized spacial score (nSPS) is 46.5. The van der Waals surface area contributed by atoms with Gasteiger partial charge in [0.15, 0.2) is 34.7 Å². The fourth-order valence-corrected chi connectivity index (χ4v) is 44.7. The first kappa shape index (κ1) is 97.7. The van der Waals surface area contributed by atoms with Crippen LogP contribution < -0.4 is 0 Å². The van der Waals surface area contributed by atoms with Gasteiger partial charge in [0.1, 0.15) is 23.1 Å². The number of fused-ring (bicyclic) bond motifs is 34. The molecule has 4 aliphatic heterocycles. The molecule has 16 saturated carbocycles. The lowest BCUT2D eigenvalue weighted by Crippen LogP contribution is -2.57. The summed E-state index contributed by atoms with van der Waals surface area (Å²) in [6, 6.07) is 0. The van der Waals surface area contributed by atoms with E-state index in [1.807, 2.05) is 6.08 Å². The monoisotopic (exact) mass is 1950 g/mol. The molecule has 25 aliphatic carbocycles. The summed E-state index contributed by atoms with van der Waals surface area (Å²) in [6.45, 7) is 53.3. The van der Waals surface area contributed by atoms with E-state index in [0.717, 1.165) is 302 Å². The number of allylic oxidation sites excluding steroid dienone is 17. The van der Waals surface area contributed by atoms with Crippen LogP contribution in [0.4, 0.5) is 0 Å². The third-order valence-electron chi connectivity index (χ3n) is 51.2. The minimum absolute atomic E-state index is 0.00778. The number of hydrogen-bond acceptors (Lipinski definition) is 14. The second-order valence-electron chi connectivity index (χ2n) is 55.2. The van der Waals surface area contributed by atoms with Crippen molar-refractivity contribution < 1.29 is 67.0 Å². The van der Waals surface area contributed by atoms with Crippen LogP contribution in [0.2, 0.25) is 0 Å². The van der Waals surface area contributed by atoms with Crippen LogP contribution in [0.3, 0.4) is 0 Å². The first-order valence-corrected chi connectivity index (χ1v) is 58.6. The van der Waals surface area contributed by atoms with Crippen molar-refractivity contribution in [2.45, 2.75) is 401 Å². The first-order valence-electron chi connectivity index (χ1n) is 58.6. The number of carbonyl (C=O) groups excluding carboxylic acids is 5. The maximum absolute atomic E-state index is 13.4. The number of carbonyl (C=O) groups is 5. The molecule has 0 aromatic carbocycles. The Morgan fingerprint density at radius 2 is 0.580 bits per heavy atom. The number of nitrogens with zero attached hydrogens (tertiary/aromatic N) is 3. The summed E-state index contributed by atoms with van der Waals surface area (Å²) in [5.74, 6) is 10.1. The Hall–Kier alpha value is -6.04. The zero-order valence-electron chi connectivity index (χ0n) is 88.6. The Morgan fingerprint density at radius 3 is 0.951 bits per heavy atom. The number of ketones is 5. The number of Topliss-reactive ketones (excluding diaryl/α,β-unsaturated/α-hetero) is 5. The maximum atomic E-state index is 13.4. The highest BCUT2D eigenvalue weighted by Gasteiger charge is 2.76. The van der Waals surface area contributed by atoms with Crippen LogP contribution in [-0.4, -0.2) is 110 Å². The van der Waals surface area contributed by atoms with E-state index in [-0.39, 0.29) is 111 Å². The zero-order valence-corrected chi connectivity index (χ0v) is 88.6. The van der Waals surface area contributed by atoms with Crippen LogP contribution in [0.5, 0.6) is 0 Å². The summed E-state index contributed by atoms with van der Waals surface area (Å²) >= 11 is 0. The lowest BCUT2D eigenvalue weighted by Gasteiger charge is -2.60. The van der Waals surface area contributed by atoms with Gasteiger partial charge in [0, 0.05) is 99.1 Å². The van der Waals surface area contributed by atoms with Crippen LogP contribution in [-0.2, 0) is 61.9 Å². The first-order chi connectivity index (χ1) is 68.6. The molecule has 9 spiro atoms. The Morgan fingerprint density at radius 1 is 0.287 bits per heavy atom. The van der Waals surface area contributed by atoms with Crippen molar-refractivity contribution in [2.24, 2.45) is 170 Å². The zero-order chi connectivity index (χ0) is 99.0. The average molecular weight is 1950 g/mol. The minimum Gasteiger partial charge on any atom is -0.523 e. The molecule has 20 fully saturated rings. The molecule has 17 heteroatoms. The van der Waals surface area contributed by atoms with E-state index in [9.17, 15) is 29.1 Å². The van der Waals surface area contributed by atoms with Crippen LogP contribution in [0, 0.1) is 190 Å². The fourth-order valence-electron chi connectivity index (χ4n) is 44.7. The molecule has 4 saturated heterocycles. The van der Waals surface area contributed by atoms with Crippen molar-refractivity contribution >= 4 is 28.9 Å². The standard InChI is InChI=1S/C26H35NO3.C26H33NO3.C25H36O3.C25H34O3.C24H29NO2/c2*1-23-16-20(27-3)22(28)25(10-4-5-11-25)21(23)7-6-17-18(23)8-12-24(2)19(17)9-13-26(24)29-14-15-30-26;2*1-22-12-9-21(26)24(10-3-4-11-24)20(22)6-5-17-18(22)7-13-23(2)19(17)8-14-25(23)27-15-16-28-25;1-22-13-10-17-15(16(22)7-9-20(22)26)6-8-19-23(17,2)14-18(25-3)21(27)24(19)11-4-5-12-24/h7,17-19,28H,4-6,8-16H2,1-2H3;7,16-19H,4-6,8-15H2,1-2H3;6,17-19H,3-5,7-16H2,1-2H3;3-4,6,17-19H,5,7-16H2,1-2H3;8,14-17H,4-7,9-13H2,1-2H3/t2*17-,18+,19+,23-,24+;2*17-,18+,19+,22-,23+;15-,16-,17-,22-,23+/m11110/s1. The highest BCUT2D eigenvalue weighted by molar-refractivity contribution is 6.06. The second-order valence-corrected chi connectivity index (χ2v) is 55.2. The number of rotatable bonds is 0. The van der Waals surface area contributed by atoms with Gasteiger partial charge in [0.2, 0.25) is 17.1 Å². The third kappa shape index (κ3) is 12.8. The Balaban J connectivity index is 0.0000000938. The van der Waals surface area contributed by atoms with Crippen LogP contribution in [0.25, 0.3) is 14.5 Å². The lowest BCUT2D eigenvalue weighted by atomic mass is 9.44. The van der Waals surface area contributed by atoms with E-state index in [2.05, 4.69) is 132 Å². The van der Waals surface area contributed by atoms with Crippen molar-refractivity contribution in [3.8, 4) is 0 Å². The molecule has 0 aromatic heterocycles. The molecule has 29 aliphatic rings. The second kappa shape index (κ2) is 33.7. The van der Waals surface area contributed by atoms with Crippen molar-refractivity contribution in [3.63, 3.8) is 0 Å². The third-order valence-corrected chi connectivity index (χ3v) is 51.2. The summed E-state index contributed by atoms with van der Waals surface area (Å²) in [6.07, 6.45) is 72.5. The molecule has 0 amide bonds. The van der Waals surface area contributed by atoms with Crippen molar-refractivity contribution in [2.75, 3.05) is 52.9 Å². The highest BCUT2D eigenvalue weighted by atomic mass is 16.8. The highest BCUT2D eigenvalue weighted by Crippen LogP contribution is 2.79. The van der Waals surface area contributed by atoms with E-state index in [4.69, 9.17) is 57.6 Å². The number of hydrogen-bond donors (Lipinski definition) is 1. The molecule has 770 valence electrons. The van der Waals surface area contributed by atoms with Gasteiger partial charge in [-0.05, 0) is 317 Å². The molecular formula is C126H167N3O14. The summed E-state index contributed by atoms with van der Waals surface area (Å²) in [5.41, 5.74) is 7.93. The molecule has 0 bridgehead atoms. The van der Waals surface area contributed by atoms with Gasteiger partial charge in [0.05, 0.1) is 83.4 Å². The quantitative estimate of drug-likeness (QED) is 0.178. The molecule has 0 aromatic rings.